The van der Waals surface area contributed by atoms with E-state index in [0.717, 1.165) is 56.4 Å². The summed E-state index contributed by atoms with van der Waals surface area (Å²) in [6, 6.07) is 12.4. The molecule has 1 unspecified atom stereocenters. The molecule has 0 fully saturated rings. The van der Waals surface area contributed by atoms with Crippen LogP contribution in [0.4, 0.5) is 5.69 Å². The molecule has 7 heteroatoms. The normalized spacial score (nSPS) is 21.3. The molecule has 0 saturated heterocycles. The van der Waals surface area contributed by atoms with Gasteiger partial charge in [0.05, 0.1) is 0 Å². The summed E-state index contributed by atoms with van der Waals surface area (Å²) in [6.07, 6.45) is 3.88. The van der Waals surface area contributed by atoms with Gasteiger partial charge < -0.3 is 0 Å². The van der Waals surface area contributed by atoms with Gasteiger partial charge in [0.1, 0.15) is 0 Å². The zero-order chi connectivity index (χ0) is 24.0. The molecule has 5 rings (SSSR count). The first-order valence-corrected chi connectivity index (χ1v) is 13.7. The summed E-state index contributed by atoms with van der Waals surface area (Å²) in [4.78, 5) is 14.4. The molecule has 0 radical (unpaired) electrons. The van der Waals surface area contributed by atoms with Crippen molar-refractivity contribution in [2.45, 2.75) is 20.8 Å². The van der Waals surface area contributed by atoms with Crippen LogP contribution in [0.3, 0.4) is 0 Å². The summed E-state index contributed by atoms with van der Waals surface area (Å²) in [5.74, 6) is 1.48. The van der Waals surface area contributed by atoms with Crippen molar-refractivity contribution in [3.8, 4) is 5.75 Å². The second-order valence-corrected chi connectivity index (χ2v) is 11.4. The van der Waals surface area contributed by atoms with Gasteiger partial charge in [0.15, 0.2) is 0 Å². The Bertz CT molecular complexity index is 1280. The predicted molar refractivity (Wildman–Crippen MR) is 136 cm³/mol. The molecule has 2 heterocycles. The Hall–Kier alpha value is -2.23. The fourth-order valence-electron chi connectivity index (χ4n) is 4.82. The maximum absolute atomic E-state index is 12.3. The summed E-state index contributed by atoms with van der Waals surface area (Å²) in [6.45, 7) is 8.28. The van der Waals surface area contributed by atoms with Gasteiger partial charge in [-0.25, -0.2) is 0 Å². The minimum atomic E-state index is -3.17. The zero-order valence-corrected chi connectivity index (χ0v) is 21.7. The molecule has 34 heavy (non-hydrogen) atoms. The number of fused-ring (bicyclic) bond motifs is 3. The van der Waals surface area contributed by atoms with Crippen LogP contribution in [0.1, 0.15) is 30.5 Å². The van der Waals surface area contributed by atoms with Crippen LogP contribution in [0.2, 0.25) is 0 Å². The third-order valence-electron chi connectivity index (χ3n) is 6.42. The number of hydrogen-bond donors (Lipinski definition) is 1. The second-order valence-electron chi connectivity index (χ2n) is 8.49. The number of ether oxygens (including phenoxy) is 2. The zero-order valence-electron chi connectivity index (χ0n) is 19.8. The molecule has 1 atom stereocenters. The standard InChI is InChI=1S/C27H29NO4P.Ni/c1-5-30-19-11-12-25-21(15-19)27(20-10-8-7-9-18(20)3)22-16-24-23(28(4)13-14-31-24)17-26(22)33(25,29)32-6-2;/h7-10,12,15-17,29H,5-6,13-14H2,1-4H3;/q+1;. The van der Waals surface area contributed by atoms with Gasteiger partial charge in [-0.3, -0.25) is 0 Å². The van der Waals surface area contributed by atoms with Crippen LogP contribution in [0.15, 0.2) is 65.2 Å². The fraction of sp³-hybridized carbons (Fsp3) is 0.296. The third-order valence-corrected chi connectivity index (χ3v) is 9.48. The molecule has 2 aliphatic heterocycles. The van der Waals surface area contributed by atoms with E-state index in [4.69, 9.17) is 29.0 Å². The Morgan fingerprint density at radius 1 is 1.12 bits per heavy atom. The average molecular weight is 521 g/mol. The van der Waals surface area contributed by atoms with Crippen LogP contribution in [0.25, 0.3) is 5.57 Å². The van der Waals surface area contributed by atoms with Crippen molar-refractivity contribution in [2.24, 2.45) is 0 Å². The molecule has 1 aliphatic carbocycles. The van der Waals surface area contributed by atoms with E-state index in [0.29, 0.717) is 30.1 Å². The van der Waals surface area contributed by atoms with E-state index in [9.17, 15) is 4.89 Å². The first kappa shape index (κ1) is 23.5. The van der Waals surface area contributed by atoms with Crippen LogP contribution in [-0.2, 0) is 24.3 Å². The van der Waals surface area contributed by atoms with Crippen LogP contribution in [0, 0.1) is 6.92 Å². The van der Waals surface area contributed by atoms with Gasteiger partial charge in [0, 0.05) is 0 Å². The van der Waals surface area contributed by atoms with Crippen LogP contribution in [0.5, 0.6) is 5.75 Å². The van der Waals surface area contributed by atoms with Gasteiger partial charge >= 0.3 is 209 Å². The summed E-state index contributed by atoms with van der Waals surface area (Å²) in [5.41, 5.74) is 6.08. The number of rotatable bonds is 5. The average Bonchev–Trinajstić information content (AvgIpc) is 2.81. The molecular weight excluding hydrogens is 492 g/mol. The first-order chi connectivity index (χ1) is 16.4. The molecule has 1 N–H and O–H groups in total. The van der Waals surface area contributed by atoms with Crippen LogP contribution < -0.4 is 14.9 Å². The Balaban J connectivity index is 1.90. The molecule has 2 aromatic rings. The molecule has 0 spiro atoms. The number of anilines is 1. The quantitative estimate of drug-likeness (QED) is 0.458. The van der Waals surface area contributed by atoms with Gasteiger partial charge in [-0.15, -0.1) is 0 Å². The summed E-state index contributed by atoms with van der Waals surface area (Å²) in [7, 11) is -1.13. The van der Waals surface area contributed by atoms with E-state index in [-0.39, 0.29) is 0 Å². The third kappa shape index (κ3) is 3.69. The summed E-state index contributed by atoms with van der Waals surface area (Å²) < 4.78 is 18.8. The van der Waals surface area contributed by atoms with Crippen molar-refractivity contribution in [1.82, 2.24) is 0 Å². The first-order valence-electron chi connectivity index (χ1n) is 11.6. The van der Waals surface area contributed by atoms with Gasteiger partial charge in [-0.1, -0.05) is 0 Å². The van der Waals surface area contributed by atoms with Crippen molar-refractivity contribution < 1.29 is 33.9 Å². The molecule has 2 aromatic carbocycles. The van der Waals surface area contributed by atoms with E-state index >= 15 is 0 Å². The minimum absolute atomic E-state index is 0.385. The number of benzene rings is 2. The number of aryl methyl sites for hydroxylation is 1. The molecule has 0 bridgehead atoms. The SMILES string of the molecule is CCOC1=CC2=C(c3ccccc3C)c3cc4c(cc3[P+](O)(OCC)C2=C[C]1=[Ni])N(C)CCO4. The van der Waals surface area contributed by atoms with Crippen molar-refractivity contribution >= 4 is 28.8 Å². The summed E-state index contributed by atoms with van der Waals surface area (Å²) in [5, 5.41) is 1.56. The van der Waals surface area contributed by atoms with E-state index in [1.807, 2.05) is 45.2 Å². The molecule has 180 valence electrons. The number of hydrogen-bond acceptors (Lipinski definition) is 5. The van der Waals surface area contributed by atoms with Gasteiger partial charge in [0.2, 0.25) is 0 Å². The van der Waals surface area contributed by atoms with Crippen LogP contribution >= 0.6 is 7.72 Å². The van der Waals surface area contributed by atoms with E-state index in [1.165, 1.54) is 0 Å². The van der Waals surface area contributed by atoms with Crippen molar-refractivity contribution in [1.29, 1.82) is 0 Å². The fourth-order valence-corrected chi connectivity index (χ4v) is 7.72. The van der Waals surface area contributed by atoms with Crippen LogP contribution in [-0.4, -0.2) is 42.8 Å². The number of nitrogens with zero attached hydrogens (tertiary/aromatic N) is 1. The Labute approximate surface area is 209 Å². The maximum atomic E-state index is 12.3. The Kier molecular flexibility index (Phi) is 6.29. The Morgan fingerprint density at radius 3 is 2.65 bits per heavy atom. The van der Waals surface area contributed by atoms with Crippen molar-refractivity contribution in [3.63, 3.8) is 0 Å². The number of allylic oxidation sites excluding steroid dienone is 4. The van der Waals surface area contributed by atoms with Gasteiger partial charge in [-0.2, -0.15) is 0 Å². The molecule has 0 saturated carbocycles. The van der Waals surface area contributed by atoms with Crippen molar-refractivity contribution in [3.05, 3.63) is 81.9 Å². The Morgan fingerprint density at radius 2 is 1.91 bits per heavy atom. The number of likely N-dealkylation sites (N-methyl/N-ethyl adjacent to an activating group) is 1. The molecular formula is C27H29NNiO4P+. The monoisotopic (exact) mass is 520 g/mol. The molecule has 3 aliphatic rings. The molecule has 0 amide bonds. The van der Waals surface area contributed by atoms with Crippen molar-refractivity contribution in [2.75, 3.05) is 38.3 Å². The molecule has 5 nitrogen and oxygen atoms in total. The second kappa shape index (κ2) is 9.09. The van der Waals surface area contributed by atoms with E-state index in [1.54, 1.807) is 0 Å². The topological polar surface area (TPSA) is 51.2 Å². The predicted octanol–water partition coefficient (Wildman–Crippen LogP) is 4.68. The van der Waals surface area contributed by atoms with E-state index in [2.05, 4.69) is 36.1 Å². The molecule has 0 aromatic heterocycles. The van der Waals surface area contributed by atoms with Gasteiger partial charge in [-0.05, 0) is 0 Å². The van der Waals surface area contributed by atoms with E-state index < -0.39 is 7.72 Å². The van der Waals surface area contributed by atoms with Gasteiger partial charge in [0.25, 0.3) is 0 Å². The summed E-state index contributed by atoms with van der Waals surface area (Å²) >= 11 is 5.31.